The summed E-state index contributed by atoms with van der Waals surface area (Å²) in [4.78, 5) is 20.9. The average molecular weight is 230 g/mol. The molecule has 82 valence electrons. The molecule has 7 nitrogen and oxygen atoms in total. The average Bonchev–Trinajstić information content (AvgIpc) is 2.63. The molecular formula is C7H10N4O3S. The molecule has 15 heavy (non-hydrogen) atoms. The summed E-state index contributed by atoms with van der Waals surface area (Å²) in [6.45, 7) is 0.437. The minimum atomic E-state index is -0.609. The van der Waals surface area contributed by atoms with Gasteiger partial charge in [0.05, 0.1) is 17.4 Å². The summed E-state index contributed by atoms with van der Waals surface area (Å²) in [6.07, 6.45) is 1.39. The molecule has 8 heteroatoms. The minimum Gasteiger partial charge on any atom is -0.358 e. The van der Waals surface area contributed by atoms with Gasteiger partial charge < -0.3 is 15.4 Å². The lowest BCUT2D eigenvalue weighted by atomic mass is 10.5. The van der Waals surface area contributed by atoms with Crippen molar-refractivity contribution in [1.29, 1.82) is 0 Å². The number of nitrogens with one attached hydrogen (secondary N) is 1. The Morgan fingerprint density at radius 2 is 2.47 bits per heavy atom. The van der Waals surface area contributed by atoms with Gasteiger partial charge in [-0.05, 0) is 4.92 Å². The zero-order valence-corrected chi connectivity index (χ0v) is 8.68. The Bertz CT molecular complexity index is 365. The van der Waals surface area contributed by atoms with E-state index in [-0.39, 0.29) is 18.3 Å². The third-order valence-corrected chi connectivity index (χ3v) is 1.78. The molecule has 0 atom stereocenters. The maximum absolute atomic E-state index is 11.2. The fourth-order valence-corrected chi connectivity index (χ4v) is 1.05. The maximum atomic E-state index is 11.2. The normalized spacial score (nSPS) is 9.93. The summed E-state index contributed by atoms with van der Waals surface area (Å²) in [6, 6.07) is 1.24. The van der Waals surface area contributed by atoms with Gasteiger partial charge in [-0.2, -0.15) is 17.3 Å². The first-order valence-corrected chi connectivity index (χ1v) is 4.82. The van der Waals surface area contributed by atoms with Gasteiger partial charge in [-0.25, -0.2) is 0 Å². The Hall–Kier alpha value is -1.57. The second-order valence-corrected chi connectivity index (χ2v) is 3.15. The standard InChI is InChI=1S/C7H10N4O3S/c12-7(8-2-4-15)5-10-3-1-6(9-10)11(13)14/h1,3,15H,2,4-5H2,(H,8,12). The zero-order chi connectivity index (χ0) is 11.3. The summed E-state index contributed by atoms with van der Waals surface area (Å²) < 4.78 is 1.21. The van der Waals surface area contributed by atoms with Gasteiger partial charge in [-0.15, -0.1) is 0 Å². The molecule has 1 aromatic heterocycles. The van der Waals surface area contributed by atoms with E-state index in [1.54, 1.807) is 0 Å². The molecule has 1 amide bonds. The maximum Gasteiger partial charge on any atom is 0.389 e. The number of hydrogen-bond donors (Lipinski definition) is 2. The summed E-state index contributed by atoms with van der Waals surface area (Å²) in [5.74, 6) is 0.0318. The largest absolute Gasteiger partial charge is 0.389 e. The van der Waals surface area contributed by atoms with Crippen LogP contribution in [0.4, 0.5) is 5.82 Å². The summed E-state index contributed by atoms with van der Waals surface area (Å²) >= 11 is 3.93. The highest BCUT2D eigenvalue weighted by atomic mass is 32.1. The van der Waals surface area contributed by atoms with Crippen molar-refractivity contribution in [3.8, 4) is 0 Å². The molecule has 1 rings (SSSR count). The first-order chi connectivity index (χ1) is 7.13. The van der Waals surface area contributed by atoms with Crippen LogP contribution < -0.4 is 5.32 Å². The molecule has 0 radical (unpaired) electrons. The third kappa shape index (κ3) is 3.58. The van der Waals surface area contributed by atoms with Crippen LogP contribution in [0.3, 0.4) is 0 Å². The van der Waals surface area contributed by atoms with E-state index in [0.717, 1.165) is 0 Å². The van der Waals surface area contributed by atoms with Gasteiger partial charge in [-0.1, -0.05) is 0 Å². The number of nitrogens with zero attached hydrogens (tertiary/aromatic N) is 3. The Kier molecular flexibility index (Phi) is 4.10. The van der Waals surface area contributed by atoms with Crippen LogP contribution in [0.25, 0.3) is 0 Å². The lowest BCUT2D eigenvalue weighted by molar-refractivity contribution is -0.389. The molecule has 1 N–H and O–H groups in total. The number of rotatable bonds is 5. The van der Waals surface area contributed by atoms with E-state index in [9.17, 15) is 14.9 Å². The van der Waals surface area contributed by atoms with E-state index in [2.05, 4.69) is 23.0 Å². The van der Waals surface area contributed by atoms with Crippen molar-refractivity contribution in [3.63, 3.8) is 0 Å². The predicted octanol–water partition coefficient (Wildman–Crippen LogP) is -0.163. The molecule has 0 spiro atoms. The van der Waals surface area contributed by atoms with Crippen LogP contribution in [0.5, 0.6) is 0 Å². The first-order valence-electron chi connectivity index (χ1n) is 4.19. The molecule has 0 aliphatic heterocycles. The molecular weight excluding hydrogens is 220 g/mol. The Morgan fingerprint density at radius 3 is 3.00 bits per heavy atom. The van der Waals surface area contributed by atoms with Crippen LogP contribution in [0.1, 0.15) is 0 Å². The molecule has 0 bridgehead atoms. The summed E-state index contributed by atoms with van der Waals surface area (Å²) in [5.41, 5.74) is 0. The van der Waals surface area contributed by atoms with Gasteiger partial charge in [0.15, 0.2) is 0 Å². The Morgan fingerprint density at radius 1 is 1.73 bits per heavy atom. The van der Waals surface area contributed by atoms with E-state index >= 15 is 0 Å². The van der Waals surface area contributed by atoms with Gasteiger partial charge in [0.1, 0.15) is 6.54 Å². The second kappa shape index (κ2) is 5.35. The van der Waals surface area contributed by atoms with Crippen molar-refractivity contribution in [2.45, 2.75) is 6.54 Å². The second-order valence-electron chi connectivity index (χ2n) is 2.70. The lowest BCUT2D eigenvalue weighted by Gasteiger charge is -1.99. The number of nitro groups is 1. The smallest absolute Gasteiger partial charge is 0.358 e. The van der Waals surface area contributed by atoms with E-state index in [4.69, 9.17) is 0 Å². The van der Waals surface area contributed by atoms with Crippen molar-refractivity contribution in [2.75, 3.05) is 12.3 Å². The highest BCUT2D eigenvalue weighted by Gasteiger charge is 2.12. The molecule has 0 unspecified atom stereocenters. The topological polar surface area (TPSA) is 90.1 Å². The van der Waals surface area contributed by atoms with Gasteiger partial charge in [0, 0.05) is 12.3 Å². The quantitative estimate of drug-likeness (QED) is 0.417. The lowest BCUT2D eigenvalue weighted by Crippen LogP contribution is -2.29. The SMILES string of the molecule is O=C(Cn1ccc([N+](=O)[O-])n1)NCCS. The molecule has 0 saturated heterocycles. The van der Waals surface area contributed by atoms with Gasteiger partial charge >= 0.3 is 5.82 Å². The van der Waals surface area contributed by atoms with Gasteiger partial charge in [0.25, 0.3) is 0 Å². The Labute approximate surface area is 91.0 Å². The monoisotopic (exact) mass is 230 g/mol. The number of aromatic nitrogens is 2. The number of amides is 1. The number of hydrogen-bond acceptors (Lipinski definition) is 5. The van der Waals surface area contributed by atoms with E-state index in [0.29, 0.717) is 12.3 Å². The summed E-state index contributed by atoms with van der Waals surface area (Å²) in [5, 5.41) is 16.5. The fourth-order valence-electron chi connectivity index (χ4n) is 0.935. The van der Waals surface area contributed by atoms with Gasteiger partial charge in [-0.3, -0.25) is 4.79 Å². The molecule has 0 aromatic carbocycles. The van der Waals surface area contributed by atoms with Crippen LogP contribution in [0.15, 0.2) is 12.3 Å². The number of carbonyl (C=O) groups excluding carboxylic acids is 1. The van der Waals surface area contributed by atoms with Crippen molar-refractivity contribution in [3.05, 3.63) is 22.4 Å². The highest BCUT2D eigenvalue weighted by Crippen LogP contribution is 2.04. The minimum absolute atomic E-state index is 0.0262. The third-order valence-electron chi connectivity index (χ3n) is 1.55. The number of thiol groups is 1. The van der Waals surface area contributed by atoms with Crippen LogP contribution in [0.2, 0.25) is 0 Å². The molecule has 1 heterocycles. The van der Waals surface area contributed by atoms with E-state index < -0.39 is 4.92 Å². The molecule has 1 aromatic rings. The molecule has 0 saturated carbocycles. The zero-order valence-electron chi connectivity index (χ0n) is 7.79. The van der Waals surface area contributed by atoms with Crippen molar-refractivity contribution >= 4 is 24.4 Å². The van der Waals surface area contributed by atoms with E-state index in [1.165, 1.54) is 16.9 Å². The molecule has 0 aliphatic carbocycles. The summed E-state index contributed by atoms with van der Waals surface area (Å²) in [7, 11) is 0. The number of carbonyl (C=O) groups is 1. The van der Waals surface area contributed by atoms with Crippen LogP contribution in [-0.4, -0.2) is 32.9 Å². The predicted molar refractivity (Wildman–Crippen MR) is 55.7 cm³/mol. The van der Waals surface area contributed by atoms with Crippen LogP contribution >= 0.6 is 12.6 Å². The Balaban J connectivity index is 2.50. The van der Waals surface area contributed by atoms with Crippen LogP contribution in [0, 0.1) is 10.1 Å². The van der Waals surface area contributed by atoms with Gasteiger partial charge in [0.2, 0.25) is 5.91 Å². The molecule has 0 aliphatic rings. The van der Waals surface area contributed by atoms with Crippen molar-refractivity contribution < 1.29 is 9.72 Å². The van der Waals surface area contributed by atoms with Crippen molar-refractivity contribution in [1.82, 2.24) is 15.1 Å². The first kappa shape index (κ1) is 11.5. The highest BCUT2D eigenvalue weighted by molar-refractivity contribution is 7.80. The fraction of sp³-hybridized carbons (Fsp3) is 0.429. The van der Waals surface area contributed by atoms with E-state index in [1.807, 2.05) is 0 Å². The van der Waals surface area contributed by atoms with Crippen molar-refractivity contribution in [2.24, 2.45) is 0 Å². The van der Waals surface area contributed by atoms with Crippen LogP contribution in [-0.2, 0) is 11.3 Å². The molecule has 0 fully saturated rings.